The second-order valence-corrected chi connectivity index (χ2v) is 6.79. The first kappa shape index (κ1) is 14.3. The van der Waals surface area contributed by atoms with E-state index in [1.54, 1.807) is 19.3 Å². The first-order chi connectivity index (χ1) is 8.91. The van der Waals surface area contributed by atoms with E-state index in [1.807, 2.05) is 0 Å². The van der Waals surface area contributed by atoms with E-state index >= 15 is 0 Å². The zero-order chi connectivity index (χ0) is 14.0. The Balaban J connectivity index is 2.10. The van der Waals surface area contributed by atoms with Crippen LogP contribution in [0.1, 0.15) is 43.5 Å². The van der Waals surface area contributed by atoms with Gasteiger partial charge in [-0.2, -0.15) is 0 Å². The van der Waals surface area contributed by atoms with E-state index in [0.29, 0.717) is 16.8 Å². The average molecular weight is 326 g/mol. The van der Waals surface area contributed by atoms with E-state index in [-0.39, 0.29) is 11.9 Å². The van der Waals surface area contributed by atoms with Gasteiger partial charge < -0.3 is 10.6 Å². The number of pyridine rings is 1. The van der Waals surface area contributed by atoms with Gasteiger partial charge in [0.25, 0.3) is 5.91 Å². The minimum Gasteiger partial charge on any atom is -0.372 e. The van der Waals surface area contributed by atoms with Gasteiger partial charge in [-0.25, -0.2) is 4.98 Å². The van der Waals surface area contributed by atoms with Crippen LogP contribution in [0.25, 0.3) is 0 Å². The highest BCUT2D eigenvalue weighted by atomic mass is 79.9. The van der Waals surface area contributed by atoms with Crippen LogP contribution in [-0.4, -0.2) is 24.0 Å². The molecule has 1 aliphatic carbocycles. The van der Waals surface area contributed by atoms with Crippen molar-refractivity contribution in [1.29, 1.82) is 0 Å². The molecule has 1 unspecified atom stereocenters. The molecule has 5 heteroatoms. The third-order valence-electron chi connectivity index (χ3n) is 3.64. The number of hydrogen-bond donors (Lipinski definition) is 2. The number of carbonyl (C=O) groups excluding carboxylic acids is 1. The smallest absolute Gasteiger partial charge is 0.255 e. The van der Waals surface area contributed by atoms with E-state index in [4.69, 9.17) is 0 Å². The Labute approximate surface area is 122 Å². The zero-order valence-electron chi connectivity index (χ0n) is 11.6. The summed E-state index contributed by atoms with van der Waals surface area (Å²) in [6.07, 6.45) is 4.93. The Morgan fingerprint density at radius 2 is 2.26 bits per heavy atom. The Bertz CT molecular complexity index is 488. The van der Waals surface area contributed by atoms with Crippen molar-refractivity contribution in [3.63, 3.8) is 0 Å². The quantitative estimate of drug-likeness (QED) is 0.897. The van der Waals surface area contributed by atoms with Crippen LogP contribution in [0.2, 0.25) is 0 Å². The molecule has 4 nitrogen and oxygen atoms in total. The van der Waals surface area contributed by atoms with Gasteiger partial charge in [0.2, 0.25) is 0 Å². The fourth-order valence-corrected chi connectivity index (χ4v) is 2.97. The number of halogens is 1. The van der Waals surface area contributed by atoms with E-state index in [2.05, 4.69) is 45.4 Å². The molecule has 1 atom stereocenters. The number of rotatable bonds is 3. The Kier molecular flexibility index (Phi) is 4.13. The van der Waals surface area contributed by atoms with Gasteiger partial charge in [0.15, 0.2) is 0 Å². The highest BCUT2D eigenvalue weighted by molar-refractivity contribution is 9.10. The molecule has 0 spiro atoms. The van der Waals surface area contributed by atoms with Gasteiger partial charge in [0.1, 0.15) is 5.82 Å². The van der Waals surface area contributed by atoms with Crippen LogP contribution in [0.4, 0.5) is 5.82 Å². The molecule has 1 aromatic rings. The van der Waals surface area contributed by atoms with E-state index in [9.17, 15) is 4.79 Å². The van der Waals surface area contributed by atoms with E-state index < -0.39 is 0 Å². The van der Waals surface area contributed by atoms with Crippen LogP contribution in [0, 0.1) is 5.41 Å². The number of carbonyl (C=O) groups is 1. The van der Waals surface area contributed by atoms with Gasteiger partial charge in [-0.1, -0.05) is 13.8 Å². The molecule has 104 valence electrons. The van der Waals surface area contributed by atoms with Crippen molar-refractivity contribution in [2.75, 3.05) is 12.4 Å². The van der Waals surface area contributed by atoms with Gasteiger partial charge in [-0.05, 0) is 46.7 Å². The van der Waals surface area contributed by atoms with Crippen LogP contribution in [0.5, 0.6) is 0 Å². The van der Waals surface area contributed by atoms with Crippen LogP contribution >= 0.6 is 15.9 Å². The minimum atomic E-state index is -0.0548. The van der Waals surface area contributed by atoms with E-state index in [1.165, 1.54) is 0 Å². The largest absolute Gasteiger partial charge is 0.372 e. The van der Waals surface area contributed by atoms with Gasteiger partial charge >= 0.3 is 0 Å². The number of amides is 1. The summed E-state index contributed by atoms with van der Waals surface area (Å²) in [4.78, 5) is 16.5. The highest BCUT2D eigenvalue weighted by Crippen LogP contribution is 2.37. The molecule has 0 aromatic carbocycles. The van der Waals surface area contributed by atoms with Crippen LogP contribution in [0.15, 0.2) is 16.7 Å². The summed E-state index contributed by atoms with van der Waals surface area (Å²) in [7, 11) is 1.77. The SMILES string of the molecule is CNc1ncc(Br)cc1C(=O)NC1CCC(C)(C)C1. The van der Waals surface area contributed by atoms with Gasteiger partial charge in [-0.3, -0.25) is 4.79 Å². The van der Waals surface area contributed by atoms with Crippen molar-refractivity contribution < 1.29 is 4.79 Å². The molecular weight excluding hydrogens is 306 g/mol. The number of aromatic nitrogens is 1. The summed E-state index contributed by atoms with van der Waals surface area (Å²) in [5.74, 6) is 0.554. The topological polar surface area (TPSA) is 54.0 Å². The van der Waals surface area contributed by atoms with Gasteiger partial charge in [-0.15, -0.1) is 0 Å². The first-order valence-corrected chi connectivity index (χ1v) is 7.35. The molecule has 2 N–H and O–H groups in total. The third-order valence-corrected chi connectivity index (χ3v) is 4.07. The molecule has 0 bridgehead atoms. The lowest BCUT2D eigenvalue weighted by Gasteiger charge is -2.18. The standard InChI is InChI=1S/C14H20BrN3O/c1-14(2)5-4-10(7-14)18-13(19)11-6-9(15)8-17-12(11)16-3/h6,8,10H,4-5,7H2,1-3H3,(H,16,17)(H,18,19). The predicted molar refractivity (Wildman–Crippen MR) is 80.4 cm³/mol. The molecular formula is C14H20BrN3O. The van der Waals surface area contributed by atoms with Crippen molar-refractivity contribution in [2.24, 2.45) is 5.41 Å². The maximum absolute atomic E-state index is 12.3. The molecule has 0 aliphatic heterocycles. The maximum atomic E-state index is 12.3. The fourth-order valence-electron chi connectivity index (χ4n) is 2.63. The van der Waals surface area contributed by atoms with Crippen molar-refractivity contribution in [3.8, 4) is 0 Å². The molecule has 0 saturated heterocycles. The monoisotopic (exact) mass is 325 g/mol. The first-order valence-electron chi connectivity index (χ1n) is 6.55. The summed E-state index contributed by atoms with van der Waals surface area (Å²) >= 11 is 3.35. The summed E-state index contributed by atoms with van der Waals surface area (Å²) in [6.45, 7) is 4.50. The van der Waals surface area contributed by atoms with E-state index in [0.717, 1.165) is 23.7 Å². The predicted octanol–water partition coefficient (Wildman–Crippen LogP) is 3.19. The van der Waals surface area contributed by atoms with Crippen LogP contribution in [0.3, 0.4) is 0 Å². The van der Waals surface area contributed by atoms with Crippen molar-refractivity contribution in [2.45, 2.75) is 39.2 Å². The molecule has 2 rings (SSSR count). The molecule has 1 saturated carbocycles. The summed E-state index contributed by atoms with van der Waals surface area (Å²) in [6, 6.07) is 2.07. The molecule has 0 radical (unpaired) electrons. The van der Waals surface area contributed by atoms with Crippen molar-refractivity contribution >= 4 is 27.7 Å². The number of nitrogens with zero attached hydrogens (tertiary/aromatic N) is 1. The summed E-state index contributed by atoms with van der Waals surface area (Å²) in [5, 5.41) is 6.07. The van der Waals surface area contributed by atoms with Crippen molar-refractivity contribution in [3.05, 3.63) is 22.3 Å². The Hall–Kier alpha value is -1.10. The zero-order valence-corrected chi connectivity index (χ0v) is 13.2. The molecule has 19 heavy (non-hydrogen) atoms. The lowest BCUT2D eigenvalue weighted by atomic mass is 9.92. The number of hydrogen-bond acceptors (Lipinski definition) is 3. The second-order valence-electron chi connectivity index (χ2n) is 5.88. The Morgan fingerprint density at radius 1 is 1.53 bits per heavy atom. The van der Waals surface area contributed by atoms with Crippen LogP contribution in [-0.2, 0) is 0 Å². The van der Waals surface area contributed by atoms with Gasteiger partial charge in [0, 0.05) is 23.8 Å². The van der Waals surface area contributed by atoms with Gasteiger partial charge in [0.05, 0.1) is 5.56 Å². The summed E-state index contributed by atoms with van der Waals surface area (Å²) in [5.41, 5.74) is 0.917. The maximum Gasteiger partial charge on any atom is 0.255 e. The molecule has 1 aliphatic rings. The lowest BCUT2D eigenvalue weighted by molar-refractivity contribution is 0.0936. The molecule has 1 fully saturated rings. The summed E-state index contributed by atoms with van der Waals surface area (Å²) < 4.78 is 0.809. The normalized spacial score (nSPS) is 21.2. The molecule has 1 amide bonds. The highest BCUT2D eigenvalue weighted by Gasteiger charge is 2.32. The Morgan fingerprint density at radius 3 is 2.84 bits per heavy atom. The fraction of sp³-hybridized carbons (Fsp3) is 0.571. The minimum absolute atomic E-state index is 0.0548. The van der Waals surface area contributed by atoms with Crippen LogP contribution < -0.4 is 10.6 Å². The average Bonchev–Trinajstić information content (AvgIpc) is 2.68. The van der Waals surface area contributed by atoms with Crippen molar-refractivity contribution in [1.82, 2.24) is 10.3 Å². The number of anilines is 1. The molecule has 1 aromatic heterocycles. The third kappa shape index (κ3) is 3.47. The second kappa shape index (κ2) is 5.49. The number of nitrogens with one attached hydrogen (secondary N) is 2. The molecule has 1 heterocycles. The lowest BCUT2D eigenvalue weighted by Crippen LogP contribution is -2.34.